The van der Waals surface area contributed by atoms with Gasteiger partial charge in [-0.05, 0) is 85.2 Å². The Morgan fingerprint density at radius 2 is 2.06 bits per heavy atom. The first-order valence-corrected chi connectivity index (χ1v) is 12.5. The highest BCUT2D eigenvalue weighted by Crippen LogP contribution is 2.37. The van der Waals surface area contributed by atoms with E-state index in [4.69, 9.17) is 4.98 Å². The van der Waals surface area contributed by atoms with E-state index in [1.165, 1.54) is 38.8 Å². The van der Waals surface area contributed by atoms with Gasteiger partial charge in [0, 0.05) is 28.9 Å². The molecule has 0 bridgehead atoms. The molecule has 0 amide bonds. The normalized spacial score (nSPS) is 17.8. The Balaban J connectivity index is 1.26. The highest BCUT2D eigenvalue weighted by atomic mass is 79.9. The van der Waals surface area contributed by atoms with Crippen molar-refractivity contribution in [2.45, 2.75) is 38.1 Å². The van der Waals surface area contributed by atoms with E-state index in [0.717, 1.165) is 50.1 Å². The van der Waals surface area contributed by atoms with Gasteiger partial charge in [0.25, 0.3) is 0 Å². The Bertz CT molecular complexity index is 1110. The Labute approximate surface area is 193 Å². The van der Waals surface area contributed by atoms with Crippen molar-refractivity contribution in [3.8, 4) is 10.6 Å². The van der Waals surface area contributed by atoms with Gasteiger partial charge in [0.2, 0.25) is 5.95 Å². The molecule has 1 saturated carbocycles. The van der Waals surface area contributed by atoms with E-state index in [0.29, 0.717) is 11.5 Å². The summed E-state index contributed by atoms with van der Waals surface area (Å²) in [5.41, 5.74) is 1.10. The van der Waals surface area contributed by atoms with Gasteiger partial charge in [-0.3, -0.25) is 0 Å². The molecule has 8 heteroatoms. The molecule has 0 atom stereocenters. The molecule has 1 saturated heterocycles. The molecule has 0 spiro atoms. The van der Waals surface area contributed by atoms with Crippen LogP contribution in [-0.2, 0) is 0 Å². The Kier molecular flexibility index (Phi) is 5.95. The number of fused-ring (bicyclic) bond motifs is 1. The van der Waals surface area contributed by atoms with Crippen LogP contribution in [0.5, 0.6) is 0 Å². The highest BCUT2D eigenvalue weighted by Gasteiger charge is 2.31. The molecular weight excluding hydrogens is 476 g/mol. The number of carboxylic acids is 1. The zero-order valence-electron chi connectivity index (χ0n) is 17.2. The number of nitrogens with zero attached hydrogens (tertiary/aromatic N) is 3. The van der Waals surface area contributed by atoms with Crippen LogP contribution in [-0.4, -0.2) is 51.6 Å². The lowest BCUT2D eigenvalue weighted by atomic mass is 9.93. The van der Waals surface area contributed by atoms with Crippen LogP contribution in [0.3, 0.4) is 0 Å². The second-order valence-corrected chi connectivity index (χ2v) is 10.4. The lowest BCUT2D eigenvalue weighted by Gasteiger charge is -2.32. The van der Waals surface area contributed by atoms with Gasteiger partial charge in [-0.2, -0.15) is 0 Å². The van der Waals surface area contributed by atoms with Gasteiger partial charge >= 0.3 is 5.97 Å². The van der Waals surface area contributed by atoms with Gasteiger partial charge in [-0.1, -0.05) is 6.07 Å². The highest BCUT2D eigenvalue weighted by molar-refractivity contribution is 9.10. The smallest absolute Gasteiger partial charge is 0.336 e. The van der Waals surface area contributed by atoms with Gasteiger partial charge in [-0.25, -0.2) is 14.8 Å². The van der Waals surface area contributed by atoms with Gasteiger partial charge in [-0.15, -0.1) is 11.3 Å². The number of aromatic carboxylic acids is 1. The van der Waals surface area contributed by atoms with E-state index in [2.05, 4.69) is 31.1 Å². The van der Waals surface area contributed by atoms with Crippen LogP contribution in [0.25, 0.3) is 20.7 Å². The second-order valence-electron chi connectivity index (χ2n) is 8.45. The maximum Gasteiger partial charge on any atom is 0.336 e. The number of anilines is 1. The Morgan fingerprint density at radius 1 is 1.26 bits per heavy atom. The number of carbonyl (C=O) groups is 1. The minimum Gasteiger partial charge on any atom is -0.478 e. The summed E-state index contributed by atoms with van der Waals surface area (Å²) in [6.45, 7) is 3.36. The molecule has 31 heavy (non-hydrogen) atoms. The van der Waals surface area contributed by atoms with Gasteiger partial charge in [0.15, 0.2) is 0 Å². The zero-order valence-corrected chi connectivity index (χ0v) is 19.6. The minimum absolute atomic E-state index is 0.316. The van der Waals surface area contributed by atoms with Crippen LogP contribution < -0.4 is 5.32 Å². The molecular formula is C23H25BrN4O2S. The zero-order chi connectivity index (χ0) is 21.4. The predicted molar refractivity (Wildman–Crippen MR) is 128 cm³/mol. The number of piperidine rings is 1. The molecule has 3 heterocycles. The van der Waals surface area contributed by atoms with Crippen LogP contribution in [0.15, 0.2) is 34.9 Å². The van der Waals surface area contributed by atoms with E-state index in [1.807, 2.05) is 12.1 Å². The van der Waals surface area contributed by atoms with Crippen molar-refractivity contribution in [3.05, 3.63) is 40.5 Å². The topological polar surface area (TPSA) is 78.3 Å². The summed E-state index contributed by atoms with van der Waals surface area (Å²) in [4.78, 5) is 24.3. The Morgan fingerprint density at radius 3 is 2.81 bits per heavy atom. The fourth-order valence-corrected chi connectivity index (χ4v) is 6.05. The molecule has 1 aromatic carbocycles. The summed E-state index contributed by atoms with van der Waals surface area (Å²) in [7, 11) is 0. The molecule has 0 radical (unpaired) electrons. The fourth-order valence-electron chi connectivity index (χ4n) is 4.42. The molecule has 6 nitrogen and oxygen atoms in total. The summed E-state index contributed by atoms with van der Waals surface area (Å²) in [6.07, 6.45) is 8.27. The van der Waals surface area contributed by atoms with E-state index in [9.17, 15) is 9.90 Å². The first kappa shape index (κ1) is 20.8. The molecule has 5 rings (SSSR count). The average molecular weight is 501 g/mol. The van der Waals surface area contributed by atoms with E-state index in [1.54, 1.807) is 29.7 Å². The molecule has 0 unspecified atom stereocenters. The largest absolute Gasteiger partial charge is 0.478 e. The number of benzene rings is 1. The molecule has 162 valence electrons. The summed E-state index contributed by atoms with van der Waals surface area (Å²) in [5, 5.41) is 13.6. The average Bonchev–Trinajstić information content (AvgIpc) is 3.53. The molecule has 1 aliphatic carbocycles. The van der Waals surface area contributed by atoms with Gasteiger partial charge in [0.1, 0.15) is 5.69 Å². The van der Waals surface area contributed by atoms with Crippen molar-refractivity contribution in [1.82, 2.24) is 14.9 Å². The van der Waals surface area contributed by atoms with Crippen LogP contribution in [0.2, 0.25) is 0 Å². The summed E-state index contributed by atoms with van der Waals surface area (Å²) in [5.74, 6) is 0.473. The number of nitrogens with one attached hydrogen (secondary N) is 1. The number of hydrogen-bond donors (Lipinski definition) is 2. The third kappa shape index (κ3) is 4.61. The number of likely N-dealkylation sites (tertiary alicyclic amines) is 1. The van der Waals surface area contributed by atoms with Crippen molar-refractivity contribution in [2.75, 3.05) is 25.0 Å². The molecule has 2 N–H and O–H groups in total. The molecule has 2 aliphatic rings. The number of halogens is 1. The fraction of sp³-hybridized carbons (Fsp3) is 0.435. The first-order valence-electron chi connectivity index (χ1n) is 10.8. The molecule has 2 fully saturated rings. The third-order valence-corrected chi connectivity index (χ3v) is 8.00. The quantitative estimate of drug-likeness (QED) is 0.446. The van der Waals surface area contributed by atoms with Crippen molar-refractivity contribution in [3.63, 3.8) is 0 Å². The molecule has 2 aromatic heterocycles. The third-order valence-electron chi connectivity index (χ3n) is 6.32. The summed E-state index contributed by atoms with van der Waals surface area (Å²) in [6, 6.07) is 8.16. The molecule has 1 aliphatic heterocycles. The number of carboxylic acid groups (broad SMARTS) is 1. The Hall–Kier alpha value is -2.03. The first-order chi connectivity index (χ1) is 15.1. The van der Waals surface area contributed by atoms with Crippen molar-refractivity contribution in [2.24, 2.45) is 5.92 Å². The monoisotopic (exact) mass is 500 g/mol. The summed E-state index contributed by atoms with van der Waals surface area (Å²) < 4.78 is 1.74. The lowest BCUT2D eigenvalue weighted by molar-refractivity contribution is 0.0699. The molecule has 3 aromatic rings. The van der Waals surface area contributed by atoms with Crippen LogP contribution in [0, 0.1) is 5.92 Å². The SMILES string of the molecule is O=C(O)c1cccc2sc(-c3nc(NCCC4CCN(C5CC5)CC4)ncc3Br)cc12. The van der Waals surface area contributed by atoms with Gasteiger partial charge in [0.05, 0.1) is 14.9 Å². The summed E-state index contributed by atoms with van der Waals surface area (Å²) >= 11 is 5.10. The number of hydrogen-bond acceptors (Lipinski definition) is 6. The van der Waals surface area contributed by atoms with Crippen LogP contribution in [0.4, 0.5) is 5.95 Å². The number of rotatable bonds is 7. The maximum absolute atomic E-state index is 11.5. The number of aromatic nitrogens is 2. The van der Waals surface area contributed by atoms with E-state index < -0.39 is 5.97 Å². The maximum atomic E-state index is 11.5. The van der Waals surface area contributed by atoms with E-state index >= 15 is 0 Å². The van der Waals surface area contributed by atoms with Crippen molar-refractivity contribution < 1.29 is 9.90 Å². The van der Waals surface area contributed by atoms with Crippen molar-refractivity contribution in [1.29, 1.82) is 0 Å². The second kappa shape index (κ2) is 8.84. The minimum atomic E-state index is -0.915. The number of thiophene rings is 1. The van der Waals surface area contributed by atoms with E-state index in [-0.39, 0.29) is 0 Å². The standard InChI is InChI=1S/C23H25BrN4O2S/c24-18-13-26-23(25-9-6-14-7-10-28(11-8-14)15-4-5-15)27-21(18)20-12-17-16(22(29)30)2-1-3-19(17)31-20/h1-3,12-15H,4-11H2,(H,29,30)(H,25,26,27). The van der Waals surface area contributed by atoms with Gasteiger partial charge < -0.3 is 15.3 Å². The van der Waals surface area contributed by atoms with Crippen molar-refractivity contribution >= 4 is 49.3 Å². The van der Waals surface area contributed by atoms with Crippen LogP contribution in [0.1, 0.15) is 42.5 Å². The predicted octanol–water partition coefficient (Wildman–Crippen LogP) is 5.50. The van der Waals surface area contributed by atoms with Crippen LogP contribution >= 0.6 is 27.3 Å². The lowest BCUT2D eigenvalue weighted by Crippen LogP contribution is -2.35.